The molecule has 1 aliphatic carbocycles. The van der Waals surface area contributed by atoms with Crippen molar-refractivity contribution in [2.24, 2.45) is 11.8 Å². The highest BCUT2D eigenvalue weighted by molar-refractivity contribution is 5.70. The summed E-state index contributed by atoms with van der Waals surface area (Å²) < 4.78 is 0. The lowest BCUT2D eigenvalue weighted by Crippen LogP contribution is -2.53. The van der Waals surface area contributed by atoms with E-state index in [1.54, 1.807) is 0 Å². The largest absolute Gasteiger partial charge is 0.481 e. The van der Waals surface area contributed by atoms with E-state index in [9.17, 15) is 4.79 Å². The van der Waals surface area contributed by atoms with E-state index >= 15 is 0 Å². The molecule has 0 radical (unpaired) electrons. The SMILES string of the molecule is O=C(O)C1C[C@H]2CCC[C@H](C1)N2CC1CC1. The second-order valence-electron chi connectivity index (χ2n) is 5.89. The highest BCUT2D eigenvalue weighted by atomic mass is 16.4. The minimum atomic E-state index is -0.567. The van der Waals surface area contributed by atoms with Crippen molar-refractivity contribution < 1.29 is 9.90 Å². The molecule has 3 nitrogen and oxygen atoms in total. The summed E-state index contributed by atoms with van der Waals surface area (Å²) >= 11 is 0. The summed E-state index contributed by atoms with van der Waals surface area (Å²) in [4.78, 5) is 13.8. The second kappa shape index (κ2) is 4.02. The van der Waals surface area contributed by atoms with Crippen LogP contribution in [-0.4, -0.2) is 34.6 Å². The number of hydrogen-bond acceptors (Lipinski definition) is 2. The molecule has 0 aromatic rings. The molecule has 2 bridgehead atoms. The van der Waals surface area contributed by atoms with Gasteiger partial charge in [-0.15, -0.1) is 0 Å². The zero-order valence-electron chi connectivity index (χ0n) is 9.77. The van der Waals surface area contributed by atoms with Crippen molar-refractivity contribution in [3.8, 4) is 0 Å². The van der Waals surface area contributed by atoms with Gasteiger partial charge in [0, 0.05) is 18.6 Å². The normalized spacial score (nSPS) is 39.6. The average Bonchev–Trinajstić information content (AvgIpc) is 3.00. The van der Waals surface area contributed by atoms with Crippen molar-refractivity contribution >= 4 is 5.97 Å². The third-order valence-electron chi connectivity index (χ3n) is 4.64. The van der Waals surface area contributed by atoms with Gasteiger partial charge < -0.3 is 5.11 Å². The predicted molar refractivity (Wildman–Crippen MR) is 61.2 cm³/mol. The molecule has 2 atom stereocenters. The Hall–Kier alpha value is -0.570. The van der Waals surface area contributed by atoms with Gasteiger partial charge in [0.25, 0.3) is 0 Å². The third-order valence-corrected chi connectivity index (χ3v) is 4.64. The molecule has 2 saturated heterocycles. The highest BCUT2D eigenvalue weighted by Gasteiger charge is 2.42. The van der Waals surface area contributed by atoms with Crippen LogP contribution in [0.15, 0.2) is 0 Å². The van der Waals surface area contributed by atoms with E-state index < -0.39 is 5.97 Å². The van der Waals surface area contributed by atoms with Gasteiger partial charge in [-0.3, -0.25) is 9.69 Å². The Balaban J connectivity index is 1.69. The Labute approximate surface area is 96.8 Å². The highest BCUT2D eigenvalue weighted by Crippen LogP contribution is 2.40. The first-order valence-electron chi connectivity index (χ1n) is 6.72. The Bertz CT molecular complexity index is 274. The molecule has 1 saturated carbocycles. The molecule has 16 heavy (non-hydrogen) atoms. The predicted octanol–water partition coefficient (Wildman–Crippen LogP) is 2.11. The molecule has 90 valence electrons. The molecular weight excluding hydrogens is 202 g/mol. The topological polar surface area (TPSA) is 40.5 Å². The average molecular weight is 223 g/mol. The standard InChI is InChI=1S/C13H21NO2/c15-13(16)10-6-11-2-1-3-12(7-10)14(11)8-9-4-5-9/h9-12H,1-8H2,(H,15,16)/t11-,12-/m1/s1. The number of hydrogen-bond donors (Lipinski definition) is 1. The fourth-order valence-electron chi connectivity index (χ4n) is 3.58. The van der Waals surface area contributed by atoms with Crippen molar-refractivity contribution in [3.63, 3.8) is 0 Å². The number of rotatable bonds is 3. The summed E-state index contributed by atoms with van der Waals surface area (Å²) in [5, 5.41) is 9.16. The molecule has 3 aliphatic rings. The Kier molecular flexibility index (Phi) is 2.66. The maximum absolute atomic E-state index is 11.1. The number of carboxylic acids is 1. The first-order chi connectivity index (χ1) is 7.74. The van der Waals surface area contributed by atoms with E-state index in [4.69, 9.17) is 5.11 Å². The Morgan fingerprint density at radius 1 is 1.12 bits per heavy atom. The van der Waals surface area contributed by atoms with Crippen LogP contribution in [0.3, 0.4) is 0 Å². The number of carbonyl (C=O) groups is 1. The zero-order chi connectivity index (χ0) is 11.1. The van der Waals surface area contributed by atoms with Gasteiger partial charge in [0.1, 0.15) is 0 Å². The lowest BCUT2D eigenvalue weighted by atomic mass is 9.78. The van der Waals surface area contributed by atoms with Gasteiger partial charge in [0.2, 0.25) is 0 Å². The van der Waals surface area contributed by atoms with Crippen LogP contribution in [0.25, 0.3) is 0 Å². The number of aliphatic carboxylic acids is 1. The van der Waals surface area contributed by atoms with Crippen molar-refractivity contribution in [2.45, 2.75) is 57.0 Å². The molecule has 3 heteroatoms. The molecule has 1 N–H and O–H groups in total. The van der Waals surface area contributed by atoms with Crippen molar-refractivity contribution in [2.75, 3.05) is 6.54 Å². The summed E-state index contributed by atoms with van der Waals surface area (Å²) in [6, 6.07) is 1.16. The van der Waals surface area contributed by atoms with Crippen LogP contribution in [-0.2, 0) is 4.79 Å². The number of fused-ring (bicyclic) bond motifs is 2. The molecule has 3 fully saturated rings. The summed E-state index contributed by atoms with van der Waals surface area (Å²) in [7, 11) is 0. The quantitative estimate of drug-likeness (QED) is 0.796. The summed E-state index contributed by atoms with van der Waals surface area (Å²) in [6.45, 7) is 1.25. The molecular formula is C13H21NO2. The van der Waals surface area contributed by atoms with Crippen LogP contribution in [0, 0.1) is 11.8 Å². The maximum Gasteiger partial charge on any atom is 0.306 e. The van der Waals surface area contributed by atoms with E-state index in [0.717, 1.165) is 18.8 Å². The lowest BCUT2D eigenvalue weighted by Gasteiger charge is -2.48. The summed E-state index contributed by atoms with van der Waals surface area (Å²) in [5.41, 5.74) is 0. The van der Waals surface area contributed by atoms with Crippen molar-refractivity contribution in [3.05, 3.63) is 0 Å². The summed E-state index contributed by atoms with van der Waals surface area (Å²) in [5.74, 6) is 0.304. The number of nitrogens with zero attached hydrogens (tertiary/aromatic N) is 1. The van der Waals surface area contributed by atoms with Crippen molar-refractivity contribution in [1.82, 2.24) is 4.90 Å². The van der Waals surface area contributed by atoms with Gasteiger partial charge in [-0.05, 0) is 44.4 Å². The third kappa shape index (κ3) is 1.97. The second-order valence-corrected chi connectivity index (χ2v) is 5.89. The molecule has 0 amide bonds. The van der Waals surface area contributed by atoms with Gasteiger partial charge in [-0.25, -0.2) is 0 Å². The minimum absolute atomic E-state index is 0.0641. The van der Waals surface area contributed by atoms with Crippen LogP contribution in [0.4, 0.5) is 0 Å². The van der Waals surface area contributed by atoms with E-state index in [1.165, 1.54) is 38.6 Å². The Morgan fingerprint density at radius 2 is 1.75 bits per heavy atom. The molecule has 0 unspecified atom stereocenters. The fraction of sp³-hybridized carbons (Fsp3) is 0.923. The van der Waals surface area contributed by atoms with Crippen LogP contribution in [0.1, 0.15) is 44.9 Å². The first kappa shape index (κ1) is 10.6. The zero-order valence-corrected chi connectivity index (χ0v) is 9.77. The molecule has 2 aliphatic heterocycles. The van der Waals surface area contributed by atoms with Crippen LogP contribution in [0.2, 0.25) is 0 Å². The Morgan fingerprint density at radius 3 is 2.25 bits per heavy atom. The lowest BCUT2D eigenvalue weighted by molar-refractivity contribution is -0.146. The monoisotopic (exact) mass is 223 g/mol. The number of piperidine rings is 2. The van der Waals surface area contributed by atoms with Crippen LogP contribution < -0.4 is 0 Å². The molecule has 3 rings (SSSR count). The van der Waals surface area contributed by atoms with Gasteiger partial charge in [0.05, 0.1) is 5.92 Å². The van der Waals surface area contributed by atoms with E-state index in [-0.39, 0.29) is 5.92 Å². The molecule has 2 heterocycles. The summed E-state index contributed by atoms with van der Waals surface area (Å²) in [6.07, 6.45) is 8.37. The van der Waals surface area contributed by atoms with Crippen molar-refractivity contribution in [1.29, 1.82) is 0 Å². The van der Waals surface area contributed by atoms with E-state index in [2.05, 4.69) is 4.90 Å². The smallest absolute Gasteiger partial charge is 0.306 e. The van der Waals surface area contributed by atoms with E-state index in [1.807, 2.05) is 0 Å². The van der Waals surface area contributed by atoms with E-state index in [0.29, 0.717) is 12.1 Å². The van der Waals surface area contributed by atoms with Gasteiger partial charge in [0.15, 0.2) is 0 Å². The fourth-order valence-corrected chi connectivity index (χ4v) is 3.58. The van der Waals surface area contributed by atoms with Gasteiger partial charge in [-0.1, -0.05) is 6.42 Å². The van der Waals surface area contributed by atoms with Gasteiger partial charge in [-0.2, -0.15) is 0 Å². The van der Waals surface area contributed by atoms with Crippen LogP contribution in [0.5, 0.6) is 0 Å². The number of carboxylic acid groups (broad SMARTS) is 1. The molecule has 0 aromatic carbocycles. The minimum Gasteiger partial charge on any atom is -0.481 e. The van der Waals surface area contributed by atoms with Crippen LogP contribution >= 0.6 is 0 Å². The first-order valence-corrected chi connectivity index (χ1v) is 6.72. The molecule has 0 aromatic heterocycles. The molecule has 0 spiro atoms. The maximum atomic E-state index is 11.1. The van der Waals surface area contributed by atoms with Gasteiger partial charge >= 0.3 is 5.97 Å².